The summed E-state index contributed by atoms with van der Waals surface area (Å²) in [6.45, 7) is 2.37. The van der Waals surface area contributed by atoms with Crippen LogP contribution in [0.2, 0.25) is 0 Å². The van der Waals surface area contributed by atoms with Gasteiger partial charge >= 0.3 is 5.97 Å². The molecular weight excluding hydrogens is 337 g/mol. The van der Waals surface area contributed by atoms with E-state index >= 15 is 0 Å². The molecule has 2 unspecified atom stereocenters. The first-order chi connectivity index (χ1) is 12.5. The van der Waals surface area contributed by atoms with Gasteiger partial charge in [-0.2, -0.15) is 0 Å². The van der Waals surface area contributed by atoms with Crippen LogP contribution in [-0.2, 0) is 11.4 Å². The van der Waals surface area contributed by atoms with Crippen LogP contribution < -0.4 is 4.74 Å². The van der Waals surface area contributed by atoms with Crippen molar-refractivity contribution in [2.24, 2.45) is 5.92 Å². The molecule has 2 atom stereocenters. The summed E-state index contributed by atoms with van der Waals surface area (Å²) in [7, 11) is 0. The third-order valence-electron chi connectivity index (χ3n) is 4.76. The third kappa shape index (κ3) is 3.69. The molecule has 136 valence electrons. The predicted molar refractivity (Wildman–Crippen MR) is 93.4 cm³/mol. The number of carboxylic acids is 1. The Morgan fingerprint density at radius 3 is 2.54 bits per heavy atom. The van der Waals surface area contributed by atoms with Crippen LogP contribution in [0.3, 0.4) is 0 Å². The van der Waals surface area contributed by atoms with E-state index in [2.05, 4.69) is 0 Å². The predicted octanol–water partition coefficient (Wildman–Crippen LogP) is 3.34. The normalized spacial score (nSPS) is 19.4. The third-order valence-corrected chi connectivity index (χ3v) is 4.76. The maximum Gasteiger partial charge on any atom is 0.308 e. The Labute approximate surface area is 151 Å². The SMILES string of the molecule is CC1C(C(=O)O)CCN1C(=O)c1ccccc1OCc1ccc(F)cc1. The first-order valence-electron chi connectivity index (χ1n) is 8.47. The van der Waals surface area contributed by atoms with E-state index < -0.39 is 11.9 Å². The van der Waals surface area contributed by atoms with Gasteiger partial charge in [-0.15, -0.1) is 0 Å². The lowest BCUT2D eigenvalue weighted by atomic mass is 10.0. The largest absolute Gasteiger partial charge is 0.488 e. The Kier molecular flexibility index (Phi) is 5.21. The first kappa shape index (κ1) is 17.9. The van der Waals surface area contributed by atoms with E-state index in [0.717, 1.165) is 5.56 Å². The zero-order valence-corrected chi connectivity index (χ0v) is 14.4. The summed E-state index contributed by atoms with van der Waals surface area (Å²) < 4.78 is 18.8. The van der Waals surface area contributed by atoms with E-state index in [1.165, 1.54) is 12.1 Å². The number of nitrogens with zero attached hydrogens (tertiary/aromatic N) is 1. The smallest absolute Gasteiger partial charge is 0.308 e. The molecule has 0 aromatic heterocycles. The molecule has 2 aromatic rings. The van der Waals surface area contributed by atoms with Crippen molar-refractivity contribution >= 4 is 11.9 Å². The Morgan fingerprint density at radius 1 is 1.19 bits per heavy atom. The average Bonchev–Trinajstić information content (AvgIpc) is 3.02. The number of hydrogen-bond donors (Lipinski definition) is 1. The maximum absolute atomic E-state index is 13.0. The molecule has 26 heavy (non-hydrogen) atoms. The van der Waals surface area contributed by atoms with Gasteiger partial charge in [-0.1, -0.05) is 24.3 Å². The van der Waals surface area contributed by atoms with Crippen LogP contribution >= 0.6 is 0 Å². The number of hydrogen-bond acceptors (Lipinski definition) is 3. The van der Waals surface area contributed by atoms with Crippen LogP contribution in [0.5, 0.6) is 5.75 Å². The van der Waals surface area contributed by atoms with Crippen LogP contribution in [0.15, 0.2) is 48.5 Å². The van der Waals surface area contributed by atoms with Crippen molar-refractivity contribution in [2.75, 3.05) is 6.54 Å². The highest BCUT2D eigenvalue weighted by atomic mass is 19.1. The minimum atomic E-state index is -0.881. The average molecular weight is 357 g/mol. The summed E-state index contributed by atoms with van der Waals surface area (Å²) in [6, 6.07) is 12.5. The molecule has 1 aliphatic rings. The number of ether oxygens (including phenoxy) is 1. The van der Waals surface area contributed by atoms with E-state index in [0.29, 0.717) is 24.3 Å². The highest BCUT2D eigenvalue weighted by Crippen LogP contribution is 2.29. The lowest BCUT2D eigenvalue weighted by Crippen LogP contribution is -2.37. The van der Waals surface area contributed by atoms with Crippen molar-refractivity contribution in [1.82, 2.24) is 4.90 Å². The Hall–Kier alpha value is -2.89. The van der Waals surface area contributed by atoms with Crippen molar-refractivity contribution in [3.05, 3.63) is 65.5 Å². The zero-order chi connectivity index (χ0) is 18.7. The van der Waals surface area contributed by atoms with Crippen molar-refractivity contribution in [2.45, 2.75) is 26.0 Å². The Bertz CT molecular complexity index is 806. The lowest BCUT2D eigenvalue weighted by Gasteiger charge is -2.24. The number of likely N-dealkylation sites (tertiary alicyclic amines) is 1. The number of aliphatic carboxylic acids is 1. The van der Waals surface area contributed by atoms with E-state index in [-0.39, 0.29) is 24.4 Å². The summed E-state index contributed by atoms with van der Waals surface area (Å²) in [5.41, 5.74) is 1.18. The number of rotatable bonds is 5. The number of carbonyl (C=O) groups excluding carboxylic acids is 1. The molecule has 1 fully saturated rings. The molecule has 0 saturated carbocycles. The molecule has 1 saturated heterocycles. The van der Waals surface area contributed by atoms with Crippen molar-refractivity contribution < 1.29 is 23.8 Å². The molecule has 1 N–H and O–H groups in total. The van der Waals surface area contributed by atoms with Gasteiger partial charge in [0.1, 0.15) is 18.2 Å². The summed E-state index contributed by atoms with van der Waals surface area (Å²) in [6.07, 6.45) is 0.445. The van der Waals surface area contributed by atoms with Crippen LogP contribution in [0.25, 0.3) is 0 Å². The Balaban J connectivity index is 1.75. The molecule has 2 aromatic carbocycles. The fourth-order valence-corrected chi connectivity index (χ4v) is 3.22. The van der Waals surface area contributed by atoms with Gasteiger partial charge in [-0.25, -0.2) is 4.39 Å². The van der Waals surface area contributed by atoms with E-state index in [1.807, 2.05) is 0 Å². The molecule has 0 bridgehead atoms. The van der Waals surface area contributed by atoms with Gasteiger partial charge in [0.2, 0.25) is 0 Å². The number of carboxylic acid groups (broad SMARTS) is 1. The topological polar surface area (TPSA) is 66.8 Å². The second kappa shape index (κ2) is 7.56. The minimum Gasteiger partial charge on any atom is -0.488 e. The van der Waals surface area contributed by atoms with Crippen molar-refractivity contribution in [1.29, 1.82) is 0 Å². The van der Waals surface area contributed by atoms with Gasteiger partial charge in [-0.05, 0) is 43.2 Å². The molecule has 0 aliphatic carbocycles. The number of halogens is 1. The second-order valence-electron chi connectivity index (χ2n) is 6.38. The Morgan fingerprint density at radius 2 is 1.88 bits per heavy atom. The van der Waals surface area contributed by atoms with Crippen LogP contribution in [0, 0.1) is 11.7 Å². The maximum atomic E-state index is 13.0. The molecule has 3 rings (SSSR count). The number of amides is 1. The van der Waals surface area contributed by atoms with Gasteiger partial charge in [0, 0.05) is 12.6 Å². The number of para-hydroxylation sites is 1. The summed E-state index contributed by atoms with van der Waals surface area (Å²) >= 11 is 0. The molecule has 0 radical (unpaired) electrons. The summed E-state index contributed by atoms with van der Waals surface area (Å²) in [5.74, 6) is -1.57. The second-order valence-corrected chi connectivity index (χ2v) is 6.38. The number of benzene rings is 2. The molecule has 0 spiro atoms. The van der Waals surface area contributed by atoms with Crippen LogP contribution in [-0.4, -0.2) is 34.5 Å². The molecule has 1 aliphatic heterocycles. The van der Waals surface area contributed by atoms with Crippen molar-refractivity contribution in [3.8, 4) is 5.75 Å². The quantitative estimate of drug-likeness (QED) is 0.891. The van der Waals surface area contributed by atoms with Gasteiger partial charge in [-0.3, -0.25) is 9.59 Å². The zero-order valence-electron chi connectivity index (χ0n) is 14.4. The highest BCUT2D eigenvalue weighted by molar-refractivity contribution is 5.97. The minimum absolute atomic E-state index is 0.206. The van der Waals surface area contributed by atoms with Gasteiger partial charge in [0.05, 0.1) is 11.5 Å². The van der Waals surface area contributed by atoms with Crippen molar-refractivity contribution in [3.63, 3.8) is 0 Å². The fraction of sp³-hybridized carbons (Fsp3) is 0.300. The molecule has 1 heterocycles. The molecular formula is C20H20FNO4. The van der Waals surface area contributed by atoms with Gasteiger partial charge in [0.15, 0.2) is 0 Å². The fourth-order valence-electron chi connectivity index (χ4n) is 3.22. The standard InChI is InChI=1S/C20H20FNO4/c1-13-16(20(24)25)10-11-22(13)19(23)17-4-2-3-5-18(17)26-12-14-6-8-15(21)9-7-14/h2-9,13,16H,10-12H2,1H3,(H,24,25). The summed E-state index contributed by atoms with van der Waals surface area (Å²) in [5, 5.41) is 9.25. The summed E-state index contributed by atoms with van der Waals surface area (Å²) in [4.78, 5) is 25.8. The van der Waals surface area contributed by atoms with E-state index in [1.54, 1.807) is 48.2 Å². The molecule has 1 amide bonds. The number of carbonyl (C=O) groups is 2. The molecule has 6 heteroatoms. The van der Waals surface area contributed by atoms with E-state index in [9.17, 15) is 19.1 Å². The van der Waals surface area contributed by atoms with E-state index in [4.69, 9.17) is 4.74 Å². The van der Waals surface area contributed by atoms with Crippen LogP contribution in [0.1, 0.15) is 29.3 Å². The highest BCUT2D eigenvalue weighted by Gasteiger charge is 2.38. The van der Waals surface area contributed by atoms with Crippen LogP contribution in [0.4, 0.5) is 4.39 Å². The first-order valence-corrected chi connectivity index (χ1v) is 8.47. The monoisotopic (exact) mass is 357 g/mol. The molecule has 5 nitrogen and oxygen atoms in total. The van der Waals surface area contributed by atoms with Gasteiger partial charge < -0.3 is 14.7 Å². The van der Waals surface area contributed by atoms with Gasteiger partial charge in [0.25, 0.3) is 5.91 Å². The lowest BCUT2D eigenvalue weighted by molar-refractivity contribution is -0.142.